The van der Waals surface area contributed by atoms with Crippen LogP contribution < -0.4 is 0 Å². The van der Waals surface area contributed by atoms with Crippen LogP contribution in [0.25, 0.3) is 16.9 Å². The Morgan fingerprint density at radius 2 is 1.95 bits per heavy atom. The van der Waals surface area contributed by atoms with Crippen LogP contribution in [0.4, 0.5) is 8.78 Å². The molecule has 0 radical (unpaired) electrons. The summed E-state index contributed by atoms with van der Waals surface area (Å²) < 4.78 is 28.4. The van der Waals surface area contributed by atoms with E-state index < -0.39 is 17.6 Å². The summed E-state index contributed by atoms with van der Waals surface area (Å²) in [6.07, 6.45) is 2.82. The van der Waals surface area contributed by atoms with Crippen molar-refractivity contribution in [2.24, 2.45) is 0 Å². The number of aromatic carboxylic acids is 1. The zero-order chi connectivity index (χ0) is 14.3. The quantitative estimate of drug-likeness (QED) is 0.781. The molecule has 2 aromatic heterocycles. The summed E-state index contributed by atoms with van der Waals surface area (Å²) in [7, 11) is 0. The second kappa shape index (κ2) is 4.41. The van der Waals surface area contributed by atoms with Crippen LogP contribution in [0.5, 0.6) is 0 Å². The highest BCUT2D eigenvalue weighted by Crippen LogP contribution is 2.24. The Bertz CT molecular complexity index is 827. The first-order valence-electron chi connectivity index (χ1n) is 5.72. The highest BCUT2D eigenvalue weighted by molar-refractivity contribution is 5.87. The number of aromatic nitrogens is 2. The van der Waals surface area contributed by atoms with Gasteiger partial charge in [0.25, 0.3) is 0 Å². The van der Waals surface area contributed by atoms with Gasteiger partial charge in [0.05, 0.1) is 11.3 Å². The average molecular weight is 274 g/mol. The number of halogens is 2. The van der Waals surface area contributed by atoms with E-state index in [2.05, 4.69) is 4.98 Å². The second-order valence-corrected chi connectivity index (χ2v) is 4.22. The highest BCUT2D eigenvalue weighted by atomic mass is 19.2. The highest BCUT2D eigenvalue weighted by Gasteiger charge is 2.13. The van der Waals surface area contributed by atoms with Gasteiger partial charge in [-0.25, -0.2) is 18.6 Å². The Balaban J connectivity index is 2.18. The number of nitrogens with zero attached hydrogens (tertiary/aromatic N) is 2. The van der Waals surface area contributed by atoms with E-state index in [1.165, 1.54) is 41.1 Å². The van der Waals surface area contributed by atoms with Gasteiger partial charge in [0.1, 0.15) is 5.65 Å². The first-order chi connectivity index (χ1) is 9.56. The van der Waals surface area contributed by atoms with Gasteiger partial charge in [-0.15, -0.1) is 0 Å². The molecule has 0 spiro atoms. The molecule has 3 aromatic rings. The second-order valence-electron chi connectivity index (χ2n) is 4.22. The van der Waals surface area contributed by atoms with Crippen molar-refractivity contribution in [3.05, 3.63) is 59.9 Å². The monoisotopic (exact) mass is 274 g/mol. The summed E-state index contributed by atoms with van der Waals surface area (Å²) in [5, 5.41) is 8.91. The first kappa shape index (κ1) is 12.3. The summed E-state index contributed by atoms with van der Waals surface area (Å²) >= 11 is 0. The molecular weight excluding hydrogens is 266 g/mol. The molecule has 0 fully saturated rings. The molecule has 1 N–H and O–H groups in total. The van der Waals surface area contributed by atoms with E-state index in [4.69, 9.17) is 5.11 Å². The van der Waals surface area contributed by atoms with Crippen molar-refractivity contribution in [1.82, 2.24) is 9.38 Å². The van der Waals surface area contributed by atoms with Gasteiger partial charge in [-0.3, -0.25) is 0 Å². The maximum Gasteiger partial charge on any atom is 0.337 e. The number of carbonyl (C=O) groups is 1. The standard InChI is InChI=1S/C14H8F2N2O2/c15-10-3-1-2-9(13(10)16)11-7-18-6-8(14(19)20)4-5-12(18)17-11/h1-7H,(H,19,20). The molecule has 0 bridgehead atoms. The van der Waals surface area contributed by atoms with Crippen LogP contribution in [0.3, 0.4) is 0 Å². The normalized spacial score (nSPS) is 10.9. The maximum atomic E-state index is 13.7. The Morgan fingerprint density at radius 3 is 2.70 bits per heavy atom. The van der Waals surface area contributed by atoms with Crippen molar-refractivity contribution in [1.29, 1.82) is 0 Å². The largest absolute Gasteiger partial charge is 0.478 e. The van der Waals surface area contributed by atoms with Gasteiger partial charge in [0, 0.05) is 18.0 Å². The molecular formula is C14H8F2N2O2. The van der Waals surface area contributed by atoms with Crippen molar-refractivity contribution in [2.45, 2.75) is 0 Å². The van der Waals surface area contributed by atoms with Crippen LogP contribution in [0.2, 0.25) is 0 Å². The van der Waals surface area contributed by atoms with E-state index >= 15 is 0 Å². The molecule has 3 rings (SSSR count). The van der Waals surface area contributed by atoms with Crippen LogP contribution >= 0.6 is 0 Å². The van der Waals surface area contributed by atoms with E-state index in [0.29, 0.717) is 5.65 Å². The van der Waals surface area contributed by atoms with Gasteiger partial charge in [0.15, 0.2) is 11.6 Å². The number of rotatable bonds is 2. The Kier molecular flexibility index (Phi) is 2.71. The van der Waals surface area contributed by atoms with E-state index in [1.807, 2.05) is 0 Å². The van der Waals surface area contributed by atoms with Gasteiger partial charge in [-0.05, 0) is 24.3 Å². The molecule has 0 saturated heterocycles. The summed E-state index contributed by atoms with van der Waals surface area (Å²) in [5.74, 6) is -3.00. The topological polar surface area (TPSA) is 54.6 Å². The van der Waals surface area contributed by atoms with Crippen molar-refractivity contribution in [3.63, 3.8) is 0 Å². The molecule has 2 heterocycles. The van der Waals surface area contributed by atoms with Gasteiger partial charge in [-0.1, -0.05) is 6.07 Å². The molecule has 100 valence electrons. The third-order valence-electron chi connectivity index (χ3n) is 2.93. The van der Waals surface area contributed by atoms with E-state index in [0.717, 1.165) is 6.07 Å². The molecule has 20 heavy (non-hydrogen) atoms. The molecule has 0 atom stereocenters. The van der Waals surface area contributed by atoms with Crippen molar-refractivity contribution >= 4 is 11.6 Å². The molecule has 4 nitrogen and oxygen atoms in total. The molecule has 0 aliphatic heterocycles. The zero-order valence-corrected chi connectivity index (χ0v) is 10.0. The fraction of sp³-hybridized carbons (Fsp3) is 0. The number of carboxylic acid groups (broad SMARTS) is 1. The van der Waals surface area contributed by atoms with Crippen LogP contribution in [-0.2, 0) is 0 Å². The van der Waals surface area contributed by atoms with E-state index in [1.54, 1.807) is 0 Å². The zero-order valence-electron chi connectivity index (χ0n) is 10.0. The van der Waals surface area contributed by atoms with Crippen molar-refractivity contribution in [2.75, 3.05) is 0 Å². The lowest BCUT2D eigenvalue weighted by atomic mass is 10.1. The number of pyridine rings is 1. The predicted molar refractivity (Wildman–Crippen MR) is 67.5 cm³/mol. The maximum absolute atomic E-state index is 13.7. The third kappa shape index (κ3) is 1.91. The molecule has 0 aliphatic rings. The lowest BCUT2D eigenvalue weighted by Crippen LogP contribution is -1.97. The first-order valence-corrected chi connectivity index (χ1v) is 5.72. The Hall–Kier alpha value is -2.76. The molecule has 0 aliphatic carbocycles. The van der Waals surface area contributed by atoms with Crippen LogP contribution in [0, 0.1) is 11.6 Å². The number of carboxylic acids is 1. The number of imidazole rings is 1. The van der Waals surface area contributed by atoms with Crippen LogP contribution in [0.1, 0.15) is 10.4 Å². The van der Waals surface area contributed by atoms with Gasteiger partial charge < -0.3 is 9.51 Å². The minimum Gasteiger partial charge on any atom is -0.478 e. The molecule has 0 unspecified atom stereocenters. The Morgan fingerprint density at radius 1 is 1.15 bits per heavy atom. The van der Waals surface area contributed by atoms with E-state index in [9.17, 15) is 13.6 Å². The molecule has 0 saturated carbocycles. The van der Waals surface area contributed by atoms with Gasteiger partial charge >= 0.3 is 5.97 Å². The number of hydrogen-bond acceptors (Lipinski definition) is 2. The lowest BCUT2D eigenvalue weighted by molar-refractivity contribution is 0.0696. The fourth-order valence-electron chi connectivity index (χ4n) is 1.95. The summed E-state index contributed by atoms with van der Waals surface area (Å²) in [6, 6.07) is 6.73. The number of benzene rings is 1. The molecule has 6 heteroatoms. The smallest absolute Gasteiger partial charge is 0.337 e. The summed E-state index contributed by atoms with van der Waals surface area (Å²) in [5.41, 5.74) is 0.810. The predicted octanol–water partition coefficient (Wildman–Crippen LogP) is 2.98. The minimum absolute atomic E-state index is 0.0329. The summed E-state index contributed by atoms with van der Waals surface area (Å²) in [6.45, 7) is 0. The average Bonchev–Trinajstić information content (AvgIpc) is 2.84. The van der Waals surface area contributed by atoms with Gasteiger partial charge in [-0.2, -0.15) is 0 Å². The lowest BCUT2D eigenvalue weighted by Gasteiger charge is -1.98. The number of hydrogen-bond donors (Lipinski definition) is 1. The van der Waals surface area contributed by atoms with Crippen molar-refractivity contribution in [3.8, 4) is 11.3 Å². The Labute approximate surface area is 111 Å². The fourth-order valence-corrected chi connectivity index (χ4v) is 1.95. The van der Waals surface area contributed by atoms with Crippen molar-refractivity contribution < 1.29 is 18.7 Å². The van der Waals surface area contributed by atoms with Crippen LogP contribution in [-0.4, -0.2) is 20.5 Å². The van der Waals surface area contributed by atoms with Crippen LogP contribution in [0.15, 0.2) is 42.7 Å². The third-order valence-corrected chi connectivity index (χ3v) is 2.93. The molecule has 0 amide bonds. The minimum atomic E-state index is -1.07. The van der Waals surface area contributed by atoms with Gasteiger partial charge in [0.2, 0.25) is 0 Å². The SMILES string of the molecule is O=C(O)c1ccc2nc(-c3cccc(F)c3F)cn2c1. The summed E-state index contributed by atoms with van der Waals surface area (Å²) in [4.78, 5) is 15.0. The van der Waals surface area contributed by atoms with E-state index in [-0.39, 0.29) is 16.8 Å². The number of fused-ring (bicyclic) bond motifs is 1. The molecule has 1 aromatic carbocycles.